The Labute approximate surface area is 124 Å². The van der Waals surface area contributed by atoms with Gasteiger partial charge in [0.2, 0.25) is 0 Å². The normalized spacial score (nSPS) is 18.1. The second-order valence-corrected chi connectivity index (χ2v) is 6.69. The molecule has 0 aliphatic carbocycles. The first-order valence-electron chi connectivity index (χ1n) is 7.17. The number of thiophene rings is 1. The van der Waals surface area contributed by atoms with Gasteiger partial charge in [-0.2, -0.15) is 0 Å². The summed E-state index contributed by atoms with van der Waals surface area (Å²) in [6.07, 6.45) is 3.89. The second-order valence-electron chi connectivity index (χ2n) is 5.37. The zero-order valence-corrected chi connectivity index (χ0v) is 12.9. The molecule has 0 bridgehead atoms. The number of nitrogens with one attached hydrogen (secondary N) is 1. The van der Waals surface area contributed by atoms with E-state index in [1.54, 1.807) is 0 Å². The standard InChI is InChI=1S/C16H21N3S/c1-12-11-18-6-5-14(12)16(15-4-3-13(2)20-15)19-9-7-17-8-10-19/h3-6,11,16-17H,7-10H2,1-2H3. The van der Waals surface area contributed by atoms with E-state index in [1.165, 1.54) is 20.9 Å². The molecule has 3 nitrogen and oxygen atoms in total. The lowest BCUT2D eigenvalue weighted by Gasteiger charge is -2.35. The Kier molecular flexibility index (Phi) is 4.15. The monoisotopic (exact) mass is 287 g/mol. The fourth-order valence-corrected chi connectivity index (χ4v) is 3.89. The fraction of sp³-hybridized carbons (Fsp3) is 0.438. The van der Waals surface area contributed by atoms with Crippen molar-refractivity contribution in [3.63, 3.8) is 0 Å². The quantitative estimate of drug-likeness (QED) is 0.941. The van der Waals surface area contributed by atoms with Crippen LogP contribution in [0.5, 0.6) is 0 Å². The average molecular weight is 287 g/mol. The summed E-state index contributed by atoms with van der Waals surface area (Å²) in [7, 11) is 0. The van der Waals surface area contributed by atoms with Crippen molar-refractivity contribution < 1.29 is 0 Å². The van der Waals surface area contributed by atoms with E-state index in [2.05, 4.69) is 47.2 Å². The third-order valence-electron chi connectivity index (χ3n) is 3.91. The Morgan fingerprint density at radius 3 is 2.65 bits per heavy atom. The highest BCUT2D eigenvalue weighted by Gasteiger charge is 2.26. The first-order chi connectivity index (χ1) is 9.75. The first kappa shape index (κ1) is 13.7. The summed E-state index contributed by atoms with van der Waals surface area (Å²) in [5.74, 6) is 0. The van der Waals surface area contributed by atoms with E-state index in [9.17, 15) is 0 Å². The van der Waals surface area contributed by atoms with Gasteiger partial charge in [-0.05, 0) is 43.2 Å². The predicted molar refractivity (Wildman–Crippen MR) is 84.3 cm³/mol. The topological polar surface area (TPSA) is 28.2 Å². The molecule has 3 heterocycles. The molecule has 20 heavy (non-hydrogen) atoms. The van der Waals surface area contributed by atoms with Crippen LogP contribution in [0.15, 0.2) is 30.6 Å². The Hall–Kier alpha value is -1.23. The van der Waals surface area contributed by atoms with Gasteiger partial charge in [0.1, 0.15) is 0 Å². The van der Waals surface area contributed by atoms with Gasteiger partial charge in [0.15, 0.2) is 0 Å². The molecule has 0 saturated carbocycles. The number of aromatic nitrogens is 1. The van der Waals surface area contributed by atoms with Gasteiger partial charge in [0, 0.05) is 48.3 Å². The molecule has 2 aromatic heterocycles. The zero-order chi connectivity index (χ0) is 13.9. The summed E-state index contributed by atoms with van der Waals surface area (Å²) in [6, 6.07) is 7.06. The minimum absolute atomic E-state index is 0.374. The van der Waals surface area contributed by atoms with Crippen LogP contribution in [0.2, 0.25) is 0 Å². The Morgan fingerprint density at radius 1 is 1.20 bits per heavy atom. The van der Waals surface area contributed by atoms with Gasteiger partial charge >= 0.3 is 0 Å². The smallest absolute Gasteiger partial charge is 0.0700 e. The summed E-state index contributed by atoms with van der Waals surface area (Å²) in [4.78, 5) is 9.66. The summed E-state index contributed by atoms with van der Waals surface area (Å²) in [5, 5.41) is 3.44. The third-order valence-corrected chi connectivity index (χ3v) is 4.96. The van der Waals surface area contributed by atoms with E-state index in [1.807, 2.05) is 23.7 Å². The molecule has 0 amide bonds. The molecule has 1 fully saturated rings. The largest absolute Gasteiger partial charge is 0.314 e. The third kappa shape index (κ3) is 2.77. The van der Waals surface area contributed by atoms with Crippen LogP contribution < -0.4 is 5.32 Å². The Morgan fingerprint density at radius 2 is 2.00 bits per heavy atom. The highest BCUT2D eigenvalue weighted by Crippen LogP contribution is 2.34. The molecule has 3 rings (SSSR count). The van der Waals surface area contributed by atoms with E-state index < -0.39 is 0 Å². The molecule has 1 saturated heterocycles. The Balaban J connectivity index is 2.01. The SMILES string of the molecule is Cc1ccc(C(c2ccncc2C)N2CCNCC2)s1. The second kappa shape index (κ2) is 6.04. The molecule has 1 aliphatic rings. The highest BCUT2D eigenvalue weighted by atomic mass is 32.1. The minimum Gasteiger partial charge on any atom is -0.314 e. The lowest BCUT2D eigenvalue weighted by molar-refractivity contribution is 0.200. The number of hydrogen-bond acceptors (Lipinski definition) is 4. The molecular formula is C16H21N3S. The molecule has 0 aromatic carbocycles. The summed E-state index contributed by atoms with van der Waals surface area (Å²) in [6.45, 7) is 8.70. The summed E-state index contributed by atoms with van der Waals surface area (Å²) < 4.78 is 0. The van der Waals surface area contributed by atoms with Crippen LogP contribution in [0.3, 0.4) is 0 Å². The lowest BCUT2D eigenvalue weighted by atomic mass is 10.00. The van der Waals surface area contributed by atoms with Crippen molar-refractivity contribution in [2.75, 3.05) is 26.2 Å². The Bertz CT molecular complexity index is 573. The van der Waals surface area contributed by atoms with Crippen LogP contribution >= 0.6 is 11.3 Å². The summed E-state index contributed by atoms with van der Waals surface area (Å²) >= 11 is 1.91. The summed E-state index contributed by atoms with van der Waals surface area (Å²) in [5.41, 5.74) is 2.67. The van der Waals surface area contributed by atoms with Crippen LogP contribution in [0, 0.1) is 13.8 Å². The van der Waals surface area contributed by atoms with Crippen molar-refractivity contribution in [2.24, 2.45) is 0 Å². The molecule has 4 heteroatoms. The average Bonchev–Trinajstić information content (AvgIpc) is 2.89. The molecule has 2 aromatic rings. The molecule has 0 radical (unpaired) electrons. The maximum Gasteiger partial charge on any atom is 0.0700 e. The fourth-order valence-electron chi connectivity index (χ4n) is 2.86. The van der Waals surface area contributed by atoms with Crippen molar-refractivity contribution in [2.45, 2.75) is 19.9 Å². The van der Waals surface area contributed by atoms with Crippen LogP contribution in [0.4, 0.5) is 0 Å². The van der Waals surface area contributed by atoms with Gasteiger partial charge in [-0.15, -0.1) is 11.3 Å². The van der Waals surface area contributed by atoms with Crippen molar-refractivity contribution >= 4 is 11.3 Å². The van der Waals surface area contributed by atoms with E-state index >= 15 is 0 Å². The van der Waals surface area contributed by atoms with Gasteiger partial charge in [-0.25, -0.2) is 0 Å². The van der Waals surface area contributed by atoms with Gasteiger partial charge in [0.25, 0.3) is 0 Å². The maximum absolute atomic E-state index is 4.24. The van der Waals surface area contributed by atoms with Crippen LogP contribution in [0.25, 0.3) is 0 Å². The molecule has 1 unspecified atom stereocenters. The number of piperazine rings is 1. The van der Waals surface area contributed by atoms with Crippen LogP contribution in [0.1, 0.15) is 26.9 Å². The van der Waals surface area contributed by atoms with Crippen molar-refractivity contribution in [1.82, 2.24) is 15.2 Å². The predicted octanol–water partition coefficient (Wildman–Crippen LogP) is 2.75. The highest BCUT2D eigenvalue weighted by molar-refractivity contribution is 7.12. The number of hydrogen-bond donors (Lipinski definition) is 1. The van der Waals surface area contributed by atoms with E-state index in [0.29, 0.717) is 6.04 Å². The van der Waals surface area contributed by atoms with Crippen molar-refractivity contribution in [3.05, 3.63) is 51.5 Å². The minimum atomic E-state index is 0.374. The molecular weight excluding hydrogens is 266 g/mol. The maximum atomic E-state index is 4.24. The number of pyridine rings is 1. The van der Waals surface area contributed by atoms with Crippen LogP contribution in [-0.4, -0.2) is 36.1 Å². The first-order valence-corrected chi connectivity index (χ1v) is 7.99. The van der Waals surface area contributed by atoms with Crippen LogP contribution in [-0.2, 0) is 0 Å². The lowest BCUT2D eigenvalue weighted by Crippen LogP contribution is -2.45. The molecule has 106 valence electrons. The van der Waals surface area contributed by atoms with Crippen molar-refractivity contribution in [3.8, 4) is 0 Å². The zero-order valence-electron chi connectivity index (χ0n) is 12.1. The number of nitrogens with zero attached hydrogens (tertiary/aromatic N) is 2. The van der Waals surface area contributed by atoms with Gasteiger partial charge in [-0.3, -0.25) is 9.88 Å². The van der Waals surface area contributed by atoms with E-state index in [4.69, 9.17) is 0 Å². The molecule has 1 N–H and O–H groups in total. The van der Waals surface area contributed by atoms with Crippen molar-refractivity contribution in [1.29, 1.82) is 0 Å². The number of rotatable bonds is 3. The molecule has 0 spiro atoms. The van der Waals surface area contributed by atoms with Gasteiger partial charge < -0.3 is 5.32 Å². The van der Waals surface area contributed by atoms with E-state index in [-0.39, 0.29) is 0 Å². The molecule has 1 atom stereocenters. The van der Waals surface area contributed by atoms with E-state index in [0.717, 1.165) is 26.2 Å². The number of aryl methyl sites for hydroxylation is 2. The van der Waals surface area contributed by atoms with Gasteiger partial charge in [-0.1, -0.05) is 0 Å². The molecule has 1 aliphatic heterocycles. The van der Waals surface area contributed by atoms with Gasteiger partial charge in [0.05, 0.1) is 6.04 Å².